The molecule has 0 aliphatic carbocycles. The van der Waals surface area contributed by atoms with Gasteiger partial charge in [0.2, 0.25) is 0 Å². The average Bonchev–Trinajstić information content (AvgIpc) is 3.42. The van der Waals surface area contributed by atoms with Gasteiger partial charge in [-0.05, 0) is 37.3 Å². The van der Waals surface area contributed by atoms with Crippen LogP contribution in [0.25, 0.3) is 10.1 Å². The van der Waals surface area contributed by atoms with Gasteiger partial charge in [0.15, 0.2) is 0 Å². The van der Waals surface area contributed by atoms with Gasteiger partial charge in [-0.3, -0.25) is 9.48 Å². The summed E-state index contributed by atoms with van der Waals surface area (Å²) in [7, 11) is 1.58. The van der Waals surface area contributed by atoms with Crippen LogP contribution in [0.4, 0.5) is 0 Å². The van der Waals surface area contributed by atoms with E-state index in [-0.39, 0.29) is 22.6 Å². The van der Waals surface area contributed by atoms with Crippen molar-refractivity contribution in [3.63, 3.8) is 0 Å². The molecule has 0 spiro atoms. The fourth-order valence-corrected chi connectivity index (χ4v) is 6.59. The van der Waals surface area contributed by atoms with Gasteiger partial charge in [-0.15, -0.1) is 11.3 Å². The van der Waals surface area contributed by atoms with Crippen molar-refractivity contribution in [1.29, 1.82) is 0 Å². The first-order valence-electron chi connectivity index (χ1n) is 13.1. The molecule has 39 heavy (non-hydrogen) atoms. The van der Waals surface area contributed by atoms with Gasteiger partial charge in [0.1, 0.15) is 6.04 Å². The lowest BCUT2D eigenvalue weighted by Gasteiger charge is -2.21. The quantitative estimate of drug-likeness (QED) is 0.263. The van der Waals surface area contributed by atoms with Crippen molar-refractivity contribution in [2.75, 3.05) is 0 Å². The number of aryl methyl sites for hydroxylation is 2. The summed E-state index contributed by atoms with van der Waals surface area (Å²) >= 11 is 1.37. The number of carboxylic acid groups (broad SMARTS) is 1. The third-order valence-electron chi connectivity index (χ3n) is 7.12. The summed E-state index contributed by atoms with van der Waals surface area (Å²) < 4.78 is 3.98. The highest BCUT2D eigenvalue weighted by Crippen LogP contribution is 2.36. The lowest BCUT2D eigenvalue weighted by molar-refractivity contribution is 0.0698. The van der Waals surface area contributed by atoms with Crippen molar-refractivity contribution in [2.45, 2.75) is 46.6 Å². The van der Waals surface area contributed by atoms with Crippen molar-refractivity contribution < 1.29 is 9.90 Å². The van der Waals surface area contributed by atoms with Crippen LogP contribution in [0.2, 0.25) is 0 Å². The van der Waals surface area contributed by atoms with Crippen LogP contribution >= 0.6 is 11.3 Å². The molecule has 5 aromatic rings. The van der Waals surface area contributed by atoms with Crippen molar-refractivity contribution in [2.24, 2.45) is 13.0 Å². The Kier molecular flexibility index (Phi) is 7.23. The largest absolute Gasteiger partial charge is 0.478 e. The molecule has 0 saturated heterocycles. The molecule has 8 heteroatoms. The normalized spacial score (nSPS) is 11.7. The fraction of sp³-hybridized carbons (Fsp3) is 0.290. The van der Waals surface area contributed by atoms with E-state index in [0.29, 0.717) is 28.3 Å². The van der Waals surface area contributed by atoms with E-state index in [1.165, 1.54) is 16.0 Å². The molecule has 0 fully saturated rings. The monoisotopic (exact) mass is 540 g/mol. The molecule has 0 bridgehead atoms. The number of hydrogen-bond donors (Lipinski definition) is 1. The Morgan fingerprint density at radius 3 is 2.10 bits per heavy atom. The van der Waals surface area contributed by atoms with Gasteiger partial charge in [-0.1, -0.05) is 74.5 Å². The Morgan fingerprint density at radius 2 is 1.56 bits per heavy atom. The average molecular weight is 541 g/mol. The molecule has 3 heterocycles. The Balaban J connectivity index is 1.67. The van der Waals surface area contributed by atoms with Crippen LogP contribution in [-0.4, -0.2) is 30.6 Å². The molecule has 1 N–H and O–H groups in total. The van der Waals surface area contributed by atoms with Gasteiger partial charge >= 0.3 is 5.97 Å². The number of aromatic nitrogens is 4. The minimum Gasteiger partial charge on any atom is -0.478 e. The van der Waals surface area contributed by atoms with E-state index in [9.17, 15) is 14.7 Å². The molecular weight excluding hydrogens is 508 g/mol. The molecule has 0 aliphatic heterocycles. The van der Waals surface area contributed by atoms with E-state index < -0.39 is 5.97 Å². The smallest absolute Gasteiger partial charge is 0.337 e. The first-order chi connectivity index (χ1) is 18.7. The number of aromatic carboxylic acids is 1. The van der Waals surface area contributed by atoms with Crippen LogP contribution in [-0.2, 0) is 19.9 Å². The van der Waals surface area contributed by atoms with E-state index >= 15 is 0 Å². The minimum atomic E-state index is -1.09. The first-order valence-corrected chi connectivity index (χ1v) is 13.9. The van der Waals surface area contributed by atoms with Gasteiger partial charge < -0.3 is 5.11 Å². The molecule has 0 saturated carbocycles. The van der Waals surface area contributed by atoms with Gasteiger partial charge in [-0.25, -0.2) is 9.48 Å². The van der Waals surface area contributed by atoms with E-state index in [2.05, 4.69) is 43.2 Å². The molecule has 0 amide bonds. The second kappa shape index (κ2) is 10.6. The van der Waals surface area contributed by atoms with Gasteiger partial charge in [-0.2, -0.15) is 10.2 Å². The highest BCUT2D eigenvalue weighted by atomic mass is 32.1. The summed E-state index contributed by atoms with van der Waals surface area (Å²) in [4.78, 5) is 26.3. The second-order valence-corrected chi connectivity index (χ2v) is 11.5. The number of rotatable bonds is 8. The summed E-state index contributed by atoms with van der Waals surface area (Å²) in [6, 6.07) is 20.4. The highest BCUT2D eigenvalue weighted by Gasteiger charge is 2.28. The molecule has 2 aromatic carbocycles. The molecule has 7 nitrogen and oxygen atoms in total. The number of carbonyl (C=O) groups is 1. The number of hydrogen-bond acceptors (Lipinski definition) is 5. The van der Waals surface area contributed by atoms with E-state index in [0.717, 1.165) is 33.8 Å². The van der Waals surface area contributed by atoms with Gasteiger partial charge in [0.05, 0.1) is 27.0 Å². The topological polar surface area (TPSA) is 90.0 Å². The molecule has 0 radical (unpaired) electrons. The van der Waals surface area contributed by atoms with Crippen molar-refractivity contribution in [3.05, 3.63) is 115 Å². The fourth-order valence-electron chi connectivity index (χ4n) is 5.30. The molecule has 0 unspecified atom stereocenters. The van der Waals surface area contributed by atoms with Crippen LogP contribution in [0.5, 0.6) is 0 Å². The summed E-state index contributed by atoms with van der Waals surface area (Å²) in [5, 5.41) is 20.0. The second-order valence-electron chi connectivity index (χ2n) is 10.4. The maximum absolute atomic E-state index is 13.1. The third kappa shape index (κ3) is 4.92. The molecule has 5 rings (SSSR count). The van der Waals surface area contributed by atoms with Gasteiger partial charge in [0, 0.05) is 29.6 Å². The minimum absolute atomic E-state index is 0.0808. The van der Waals surface area contributed by atoms with E-state index in [1.807, 2.05) is 54.9 Å². The highest BCUT2D eigenvalue weighted by molar-refractivity contribution is 7.19. The molecule has 3 aromatic heterocycles. The zero-order valence-corrected chi connectivity index (χ0v) is 23.6. The number of benzene rings is 2. The Hall–Kier alpha value is -4.04. The number of carboxylic acids is 1. The van der Waals surface area contributed by atoms with Gasteiger partial charge in [0.25, 0.3) is 5.56 Å². The Bertz CT molecular complexity index is 1680. The molecule has 0 aliphatic rings. The summed E-state index contributed by atoms with van der Waals surface area (Å²) in [5.74, 6) is -0.781. The first kappa shape index (κ1) is 26.6. The standard InChI is InChI=1S/C31H32N4O3S/c1-18(2)16-24-29-27(30(36)34(5)33-24)26(31(37)38)25(39-29)17-23-19(3)32-35(20(23)4)28(21-12-8-6-9-13-21)22-14-10-7-11-15-22/h6-15,18,28H,16-17H2,1-5H3,(H,37,38). The lowest BCUT2D eigenvalue weighted by Crippen LogP contribution is -2.22. The molecule has 0 atom stereocenters. The summed E-state index contributed by atoms with van der Waals surface area (Å²) in [6.07, 6.45) is 1.04. The third-order valence-corrected chi connectivity index (χ3v) is 8.36. The number of thiophene rings is 1. The van der Waals surface area contributed by atoms with Crippen molar-refractivity contribution in [3.8, 4) is 0 Å². The van der Waals surface area contributed by atoms with Crippen LogP contribution in [0.3, 0.4) is 0 Å². The number of fused-ring (bicyclic) bond motifs is 1. The van der Waals surface area contributed by atoms with Crippen molar-refractivity contribution in [1.82, 2.24) is 19.6 Å². The van der Waals surface area contributed by atoms with E-state index in [1.54, 1.807) is 7.05 Å². The summed E-state index contributed by atoms with van der Waals surface area (Å²) in [5.41, 5.74) is 5.46. The zero-order chi connectivity index (χ0) is 27.8. The van der Waals surface area contributed by atoms with Crippen LogP contribution in [0.1, 0.15) is 68.9 Å². The number of nitrogens with zero attached hydrogens (tertiary/aromatic N) is 4. The SMILES string of the molecule is Cc1nn(C(c2ccccc2)c2ccccc2)c(C)c1Cc1sc2c(CC(C)C)nn(C)c(=O)c2c1C(=O)O. The molecule has 200 valence electrons. The van der Waals surface area contributed by atoms with Crippen LogP contribution in [0, 0.1) is 19.8 Å². The summed E-state index contributed by atoms with van der Waals surface area (Å²) in [6.45, 7) is 8.17. The lowest BCUT2D eigenvalue weighted by atomic mass is 9.98. The Morgan fingerprint density at radius 1 is 0.974 bits per heavy atom. The zero-order valence-electron chi connectivity index (χ0n) is 22.8. The van der Waals surface area contributed by atoms with Crippen LogP contribution < -0.4 is 5.56 Å². The van der Waals surface area contributed by atoms with Crippen LogP contribution in [0.15, 0.2) is 65.5 Å². The van der Waals surface area contributed by atoms with Crippen molar-refractivity contribution >= 4 is 27.4 Å². The Labute approximate surface area is 231 Å². The predicted octanol–water partition coefficient (Wildman–Crippen LogP) is 5.93. The van der Waals surface area contributed by atoms with E-state index in [4.69, 9.17) is 5.10 Å². The molecular formula is C31H32N4O3S. The maximum atomic E-state index is 13.1. The maximum Gasteiger partial charge on any atom is 0.337 e. The predicted molar refractivity (Wildman–Crippen MR) is 155 cm³/mol.